The molecule has 0 bridgehead atoms. The molecule has 0 spiro atoms. The molecule has 1 unspecified atom stereocenters. The summed E-state index contributed by atoms with van der Waals surface area (Å²) < 4.78 is 16.2. The summed E-state index contributed by atoms with van der Waals surface area (Å²) in [7, 11) is 3.12. The SMILES string of the molecule is COc1ccc(C(=O)NCC2COc3ccccc3C2)c(OC)c1. The smallest absolute Gasteiger partial charge is 0.255 e. The summed E-state index contributed by atoms with van der Waals surface area (Å²) in [5, 5.41) is 2.97. The lowest BCUT2D eigenvalue weighted by Crippen LogP contribution is -2.34. The molecule has 0 aromatic heterocycles. The largest absolute Gasteiger partial charge is 0.497 e. The summed E-state index contributed by atoms with van der Waals surface area (Å²) >= 11 is 0. The molecule has 3 rings (SSSR count). The first-order chi connectivity index (χ1) is 11.7. The Labute approximate surface area is 141 Å². The van der Waals surface area contributed by atoms with Crippen molar-refractivity contribution < 1.29 is 19.0 Å². The highest BCUT2D eigenvalue weighted by Gasteiger charge is 2.21. The van der Waals surface area contributed by atoms with Gasteiger partial charge in [0, 0.05) is 18.5 Å². The minimum atomic E-state index is -0.159. The molecule has 126 valence electrons. The van der Waals surface area contributed by atoms with Crippen molar-refractivity contribution in [2.45, 2.75) is 6.42 Å². The molecule has 5 nitrogen and oxygen atoms in total. The Hall–Kier alpha value is -2.69. The van der Waals surface area contributed by atoms with Gasteiger partial charge >= 0.3 is 0 Å². The number of nitrogens with one attached hydrogen (secondary N) is 1. The molecule has 1 N–H and O–H groups in total. The second-order valence-electron chi connectivity index (χ2n) is 5.77. The second-order valence-corrected chi connectivity index (χ2v) is 5.77. The third-order valence-electron chi connectivity index (χ3n) is 4.16. The molecule has 0 fully saturated rings. The van der Waals surface area contributed by atoms with Crippen LogP contribution in [-0.2, 0) is 6.42 Å². The molecule has 1 aliphatic rings. The van der Waals surface area contributed by atoms with Crippen LogP contribution in [0.2, 0.25) is 0 Å². The van der Waals surface area contributed by atoms with Gasteiger partial charge in [0.2, 0.25) is 0 Å². The van der Waals surface area contributed by atoms with Gasteiger partial charge in [0.25, 0.3) is 5.91 Å². The van der Waals surface area contributed by atoms with Crippen LogP contribution in [0.4, 0.5) is 0 Å². The molecular formula is C19H21NO4. The zero-order valence-corrected chi connectivity index (χ0v) is 13.9. The van der Waals surface area contributed by atoms with Gasteiger partial charge < -0.3 is 19.5 Å². The van der Waals surface area contributed by atoms with Crippen molar-refractivity contribution in [3.8, 4) is 17.2 Å². The molecule has 0 aliphatic carbocycles. The van der Waals surface area contributed by atoms with Crippen molar-refractivity contribution in [3.05, 3.63) is 53.6 Å². The van der Waals surface area contributed by atoms with E-state index in [-0.39, 0.29) is 11.8 Å². The first-order valence-electron chi connectivity index (χ1n) is 7.92. The Morgan fingerprint density at radius 1 is 1.21 bits per heavy atom. The molecule has 24 heavy (non-hydrogen) atoms. The number of amides is 1. The molecule has 1 heterocycles. The zero-order chi connectivity index (χ0) is 16.9. The number of hydrogen-bond donors (Lipinski definition) is 1. The van der Waals surface area contributed by atoms with E-state index < -0.39 is 0 Å². The first kappa shape index (κ1) is 16.2. The summed E-state index contributed by atoms with van der Waals surface area (Å²) in [4.78, 5) is 12.4. The first-order valence-corrected chi connectivity index (χ1v) is 7.92. The number of para-hydroxylation sites is 1. The molecule has 5 heteroatoms. The van der Waals surface area contributed by atoms with Crippen molar-refractivity contribution >= 4 is 5.91 Å². The summed E-state index contributed by atoms with van der Waals surface area (Å²) in [5.41, 5.74) is 1.68. The number of rotatable bonds is 5. The highest BCUT2D eigenvalue weighted by Crippen LogP contribution is 2.27. The molecule has 1 amide bonds. The highest BCUT2D eigenvalue weighted by atomic mass is 16.5. The van der Waals surface area contributed by atoms with Crippen LogP contribution < -0.4 is 19.5 Å². The normalized spacial score (nSPS) is 15.8. The maximum absolute atomic E-state index is 12.4. The summed E-state index contributed by atoms with van der Waals surface area (Å²) in [6.45, 7) is 1.17. The van der Waals surface area contributed by atoms with Crippen LogP contribution in [-0.4, -0.2) is 33.3 Å². The monoisotopic (exact) mass is 327 g/mol. The fraction of sp³-hybridized carbons (Fsp3) is 0.316. The van der Waals surface area contributed by atoms with E-state index in [1.807, 2.05) is 18.2 Å². The van der Waals surface area contributed by atoms with Crippen LogP contribution in [0.25, 0.3) is 0 Å². The Balaban J connectivity index is 1.62. The number of carbonyl (C=O) groups excluding carboxylic acids is 1. The van der Waals surface area contributed by atoms with Crippen LogP contribution in [0.3, 0.4) is 0 Å². The van der Waals surface area contributed by atoms with E-state index in [4.69, 9.17) is 14.2 Å². The van der Waals surface area contributed by atoms with Gasteiger partial charge in [0.15, 0.2) is 0 Å². The molecule has 1 aliphatic heterocycles. The van der Waals surface area contributed by atoms with Gasteiger partial charge in [-0.05, 0) is 30.2 Å². The summed E-state index contributed by atoms with van der Waals surface area (Å²) in [6, 6.07) is 13.2. The summed E-state index contributed by atoms with van der Waals surface area (Å²) in [5.74, 6) is 2.19. The van der Waals surface area contributed by atoms with Gasteiger partial charge in [0.05, 0.1) is 26.4 Å². The minimum Gasteiger partial charge on any atom is -0.497 e. The topological polar surface area (TPSA) is 56.8 Å². The van der Waals surface area contributed by atoms with Gasteiger partial charge in [-0.2, -0.15) is 0 Å². The Bertz CT molecular complexity index is 729. The Morgan fingerprint density at radius 3 is 2.83 bits per heavy atom. The minimum absolute atomic E-state index is 0.159. The number of ether oxygens (including phenoxy) is 3. The van der Waals surface area contributed by atoms with Crippen LogP contribution in [0.5, 0.6) is 17.2 Å². The second kappa shape index (κ2) is 7.25. The average Bonchev–Trinajstić information content (AvgIpc) is 2.65. The number of hydrogen-bond acceptors (Lipinski definition) is 4. The number of carbonyl (C=O) groups is 1. The standard InChI is InChI=1S/C19H21NO4/c1-22-15-7-8-16(18(10-15)23-2)19(21)20-11-13-9-14-5-3-4-6-17(14)24-12-13/h3-8,10,13H,9,11-12H2,1-2H3,(H,20,21). The van der Waals surface area contributed by atoms with E-state index in [2.05, 4.69) is 11.4 Å². The molecule has 2 aromatic carbocycles. The molecular weight excluding hydrogens is 306 g/mol. The maximum atomic E-state index is 12.4. The quantitative estimate of drug-likeness (QED) is 0.917. The fourth-order valence-electron chi connectivity index (χ4n) is 2.84. The molecule has 1 atom stereocenters. The Kier molecular flexibility index (Phi) is 4.89. The number of methoxy groups -OCH3 is 2. The van der Waals surface area contributed by atoms with Gasteiger partial charge in [-0.1, -0.05) is 18.2 Å². The van der Waals surface area contributed by atoms with Crippen molar-refractivity contribution in [1.82, 2.24) is 5.32 Å². The number of benzene rings is 2. The maximum Gasteiger partial charge on any atom is 0.255 e. The third kappa shape index (κ3) is 3.45. The highest BCUT2D eigenvalue weighted by molar-refractivity contribution is 5.97. The predicted octanol–water partition coefficient (Wildman–Crippen LogP) is 2.68. The van der Waals surface area contributed by atoms with E-state index in [9.17, 15) is 4.79 Å². The molecule has 0 saturated carbocycles. The van der Waals surface area contributed by atoms with Crippen molar-refractivity contribution in [2.75, 3.05) is 27.4 Å². The zero-order valence-electron chi connectivity index (χ0n) is 13.9. The van der Waals surface area contributed by atoms with E-state index in [0.29, 0.717) is 30.2 Å². The van der Waals surface area contributed by atoms with Gasteiger partial charge in [-0.3, -0.25) is 4.79 Å². The lowest BCUT2D eigenvalue weighted by molar-refractivity contribution is 0.0936. The molecule has 0 radical (unpaired) electrons. The van der Waals surface area contributed by atoms with Gasteiger partial charge in [0.1, 0.15) is 17.2 Å². The lowest BCUT2D eigenvalue weighted by Gasteiger charge is -2.25. The van der Waals surface area contributed by atoms with Crippen molar-refractivity contribution in [2.24, 2.45) is 5.92 Å². The van der Waals surface area contributed by atoms with Crippen molar-refractivity contribution in [3.63, 3.8) is 0 Å². The van der Waals surface area contributed by atoms with Crippen LogP contribution in [0.1, 0.15) is 15.9 Å². The van der Waals surface area contributed by atoms with Gasteiger partial charge in [-0.25, -0.2) is 0 Å². The average molecular weight is 327 g/mol. The lowest BCUT2D eigenvalue weighted by atomic mass is 9.96. The number of fused-ring (bicyclic) bond motifs is 1. The van der Waals surface area contributed by atoms with E-state index in [1.165, 1.54) is 12.7 Å². The van der Waals surface area contributed by atoms with E-state index in [0.717, 1.165) is 12.2 Å². The van der Waals surface area contributed by atoms with E-state index >= 15 is 0 Å². The predicted molar refractivity (Wildman–Crippen MR) is 91.0 cm³/mol. The van der Waals surface area contributed by atoms with Crippen molar-refractivity contribution in [1.29, 1.82) is 0 Å². The van der Waals surface area contributed by atoms with Crippen LogP contribution in [0.15, 0.2) is 42.5 Å². The van der Waals surface area contributed by atoms with E-state index in [1.54, 1.807) is 25.3 Å². The van der Waals surface area contributed by atoms with Gasteiger partial charge in [-0.15, -0.1) is 0 Å². The van der Waals surface area contributed by atoms with Crippen LogP contribution >= 0.6 is 0 Å². The van der Waals surface area contributed by atoms with Crippen LogP contribution in [0, 0.1) is 5.92 Å². The third-order valence-corrected chi connectivity index (χ3v) is 4.16. The summed E-state index contributed by atoms with van der Waals surface area (Å²) in [6.07, 6.45) is 0.899. The fourth-order valence-corrected chi connectivity index (χ4v) is 2.84. The molecule has 2 aromatic rings. The molecule has 0 saturated heterocycles. The Morgan fingerprint density at radius 2 is 2.04 bits per heavy atom.